The number of hydrogen-bond donors (Lipinski definition) is 1. The van der Waals surface area contributed by atoms with Crippen molar-refractivity contribution in [3.63, 3.8) is 0 Å². The maximum atomic E-state index is 12.8. The summed E-state index contributed by atoms with van der Waals surface area (Å²) in [5.41, 5.74) is 0.994. The molecule has 2 aromatic rings. The monoisotopic (exact) mass is 461 g/mol. The lowest BCUT2D eigenvalue weighted by molar-refractivity contribution is -0.143. The quantitative estimate of drug-likeness (QED) is 0.617. The zero-order valence-electron chi connectivity index (χ0n) is 16.4. The van der Waals surface area contributed by atoms with Crippen molar-refractivity contribution in [1.29, 1.82) is 0 Å². The second-order valence-corrected chi connectivity index (χ2v) is 7.79. The molecule has 0 aromatic heterocycles. The van der Waals surface area contributed by atoms with Crippen LogP contribution in [0.1, 0.15) is 47.6 Å². The Kier molecular flexibility index (Phi) is 7.14. The Morgan fingerprint density at radius 1 is 1.03 bits per heavy atom. The SMILES string of the molecule is COC(=O)C(NC(=O)c1ccc(OC2CCCC2)c(OC)c1)c1ccc(Br)cc1. The molecule has 3 rings (SSSR count). The standard InChI is InChI=1S/C22H24BrNO5/c1-27-19-13-15(9-12-18(19)29-17-5-3-4-6-17)21(25)24-20(22(26)28-2)14-7-10-16(23)11-8-14/h7-13,17,20H,3-6H2,1-2H3,(H,24,25). The summed E-state index contributed by atoms with van der Waals surface area (Å²) in [5, 5.41) is 2.74. The van der Waals surface area contributed by atoms with Crippen molar-refractivity contribution in [2.75, 3.05) is 14.2 Å². The first-order valence-corrected chi connectivity index (χ1v) is 10.3. The lowest BCUT2D eigenvalue weighted by atomic mass is 10.1. The number of benzene rings is 2. The largest absolute Gasteiger partial charge is 0.493 e. The van der Waals surface area contributed by atoms with E-state index >= 15 is 0 Å². The number of methoxy groups -OCH3 is 2. The number of carbonyl (C=O) groups is 2. The highest BCUT2D eigenvalue weighted by Gasteiger charge is 2.25. The summed E-state index contributed by atoms with van der Waals surface area (Å²) < 4.78 is 17.2. The van der Waals surface area contributed by atoms with E-state index in [0.717, 1.165) is 17.3 Å². The van der Waals surface area contributed by atoms with Crippen molar-refractivity contribution >= 4 is 27.8 Å². The van der Waals surface area contributed by atoms with Gasteiger partial charge in [-0.05, 0) is 61.6 Å². The van der Waals surface area contributed by atoms with Crippen molar-refractivity contribution in [3.05, 3.63) is 58.1 Å². The van der Waals surface area contributed by atoms with Crippen molar-refractivity contribution in [1.82, 2.24) is 5.32 Å². The maximum Gasteiger partial charge on any atom is 0.333 e. The molecule has 1 saturated carbocycles. The van der Waals surface area contributed by atoms with Gasteiger partial charge in [0.05, 0.1) is 20.3 Å². The van der Waals surface area contributed by atoms with Crippen LogP contribution < -0.4 is 14.8 Å². The molecule has 1 aliphatic carbocycles. The van der Waals surface area contributed by atoms with Gasteiger partial charge in [-0.1, -0.05) is 28.1 Å². The first-order chi connectivity index (χ1) is 14.0. The number of esters is 1. The topological polar surface area (TPSA) is 73.9 Å². The second kappa shape index (κ2) is 9.78. The lowest BCUT2D eigenvalue weighted by Gasteiger charge is -2.19. The summed E-state index contributed by atoms with van der Waals surface area (Å²) in [6.07, 6.45) is 4.57. The summed E-state index contributed by atoms with van der Waals surface area (Å²) in [6.45, 7) is 0. The van der Waals surface area contributed by atoms with Crippen LogP contribution in [0.4, 0.5) is 0 Å². The van der Waals surface area contributed by atoms with Crippen LogP contribution in [0.2, 0.25) is 0 Å². The predicted octanol–water partition coefficient (Wildman–Crippen LogP) is 4.42. The van der Waals surface area contributed by atoms with Gasteiger partial charge in [0.1, 0.15) is 0 Å². The van der Waals surface area contributed by atoms with Crippen molar-refractivity contribution in [2.24, 2.45) is 0 Å². The minimum Gasteiger partial charge on any atom is -0.493 e. The van der Waals surface area contributed by atoms with E-state index in [2.05, 4.69) is 21.2 Å². The summed E-state index contributed by atoms with van der Waals surface area (Å²) in [6, 6.07) is 11.2. The Bertz CT molecular complexity index is 862. The normalized spacial score (nSPS) is 14.9. The van der Waals surface area contributed by atoms with Crippen molar-refractivity contribution < 1.29 is 23.8 Å². The summed E-state index contributed by atoms with van der Waals surface area (Å²) in [5.74, 6) is 0.152. The molecule has 0 spiro atoms. The van der Waals surface area contributed by atoms with E-state index in [-0.39, 0.29) is 6.10 Å². The summed E-state index contributed by atoms with van der Waals surface area (Å²) in [4.78, 5) is 25.1. The van der Waals surface area contributed by atoms with Gasteiger partial charge in [0.25, 0.3) is 5.91 Å². The van der Waals surface area contributed by atoms with Crippen LogP contribution in [0, 0.1) is 0 Å². The number of ether oxygens (including phenoxy) is 3. The molecule has 0 aliphatic heterocycles. The molecule has 1 fully saturated rings. The van der Waals surface area contributed by atoms with Crippen LogP contribution in [-0.4, -0.2) is 32.2 Å². The molecule has 29 heavy (non-hydrogen) atoms. The summed E-state index contributed by atoms with van der Waals surface area (Å²) in [7, 11) is 2.83. The highest BCUT2D eigenvalue weighted by Crippen LogP contribution is 2.32. The number of hydrogen-bond acceptors (Lipinski definition) is 5. The van der Waals surface area contributed by atoms with E-state index in [9.17, 15) is 9.59 Å². The van der Waals surface area contributed by atoms with Gasteiger partial charge in [-0.25, -0.2) is 4.79 Å². The first-order valence-electron chi connectivity index (χ1n) is 9.50. The van der Waals surface area contributed by atoms with Crippen LogP contribution >= 0.6 is 15.9 Å². The average molecular weight is 462 g/mol. The van der Waals surface area contributed by atoms with Gasteiger partial charge < -0.3 is 19.5 Å². The Labute approximate surface area is 178 Å². The van der Waals surface area contributed by atoms with Crippen LogP contribution in [-0.2, 0) is 9.53 Å². The Hall–Kier alpha value is -2.54. The van der Waals surface area contributed by atoms with E-state index in [4.69, 9.17) is 14.2 Å². The zero-order chi connectivity index (χ0) is 20.8. The molecule has 0 heterocycles. The van der Waals surface area contributed by atoms with Gasteiger partial charge in [-0.3, -0.25) is 4.79 Å². The van der Waals surface area contributed by atoms with Gasteiger partial charge >= 0.3 is 5.97 Å². The van der Waals surface area contributed by atoms with Crippen LogP contribution in [0.15, 0.2) is 46.9 Å². The van der Waals surface area contributed by atoms with Crippen LogP contribution in [0.5, 0.6) is 11.5 Å². The second-order valence-electron chi connectivity index (χ2n) is 6.87. The van der Waals surface area contributed by atoms with E-state index in [1.165, 1.54) is 27.1 Å². The summed E-state index contributed by atoms with van der Waals surface area (Å²) >= 11 is 3.36. The van der Waals surface area contributed by atoms with E-state index < -0.39 is 17.9 Å². The van der Waals surface area contributed by atoms with Gasteiger partial charge in [0.2, 0.25) is 0 Å². The Balaban J connectivity index is 1.78. The first kappa shape index (κ1) is 21.2. The molecule has 0 radical (unpaired) electrons. The number of rotatable bonds is 7. The third kappa shape index (κ3) is 5.29. The molecule has 1 atom stereocenters. The fraction of sp³-hybridized carbons (Fsp3) is 0.364. The highest BCUT2D eigenvalue weighted by molar-refractivity contribution is 9.10. The smallest absolute Gasteiger partial charge is 0.333 e. The number of nitrogens with one attached hydrogen (secondary N) is 1. The molecule has 2 aromatic carbocycles. The Morgan fingerprint density at radius 2 is 1.72 bits per heavy atom. The maximum absolute atomic E-state index is 12.8. The molecule has 6 nitrogen and oxygen atoms in total. The van der Waals surface area contributed by atoms with Crippen molar-refractivity contribution in [3.8, 4) is 11.5 Å². The van der Waals surface area contributed by atoms with E-state index in [0.29, 0.717) is 22.6 Å². The van der Waals surface area contributed by atoms with Crippen LogP contribution in [0.3, 0.4) is 0 Å². The third-order valence-corrected chi connectivity index (χ3v) is 5.47. The van der Waals surface area contributed by atoms with E-state index in [1.54, 1.807) is 42.5 Å². The number of carbonyl (C=O) groups excluding carboxylic acids is 2. The molecular weight excluding hydrogens is 438 g/mol. The minimum absolute atomic E-state index is 0.185. The molecule has 1 unspecified atom stereocenters. The molecule has 0 saturated heterocycles. The number of halogens is 1. The lowest BCUT2D eigenvalue weighted by Crippen LogP contribution is -2.34. The minimum atomic E-state index is -0.916. The molecular formula is C22H24BrNO5. The Morgan fingerprint density at radius 3 is 2.34 bits per heavy atom. The molecule has 7 heteroatoms. The van der Waals surface area contributed by atoms with Gasteiger partial charge in [-0.15, -0.1) is 0 Å². The van der Waals surface area contributed by atoms with Gasteiger partial charge in [-0.2, -0.15) is 0 Å². The fourth-order valence-electron chi connectivity index (χ4n) is 3.36. The molecule has 1 aliphatic rings. The van der Waals surface area contributed by atoms with Crippen molar-refractivity contribution in [2.45, 2.75) is 37.8 Å². The average Bonchev–Trinajstić information content (AvgIpc) is 3.25. The zero-order valence-corrected chi connectivity index (χ0v) is 18.0. The number of amides is 1. The molecule has 1 N–H and O–H groups in total. The predicted molar refractivity (Wildman–Crippen MR) is 112 cm³/mol. The van der Waals surface area contributed by atoms with E-state index in [1.807, 2.05) is 0 Å². The van der Waals surface area contributed by atoms with Gasteiger partial charge in [0.15, 0.2) is 17.5 Å². The highest BCUT2D eigenvalue weighted by atomic mass is 79.9. The molecule has 1 amide bonds. The molecule has 154 valence electrons. The third-order valence-electron chi connectivity index (χ3n) is 4.94. The van der Waals surface area contributed by atoms with Crippen LogP contribution in [0.25, 0.3) is 0 Å². The molecule has 0 bridgehead atoms. The van der Waals surface area contributed by atoms with Gasteiger partial charge in [0, 0.05) is 10.0 Å². The fourth-order valence-corrected chi connectivity index (χ4v) is 3.62.